The summed E-state index contributed by atoms with van der Waals surface area (Å²) in [4.78, 5) is 0.172. The van der Waals surface area contributed by atoms with E-state index in [0.29, 0.717) is 28.2 Å². The van der Waals surface area contributed by atoms with Crippen LogP contribution in [0.15, 0.2) is 58.6 Å². The van der Waals surface area contributed by atoms with Crippen molar-refractivity contribution in [3.8, 4) is 16.9 Å². The SMILES string of the molecule is Cc1c(/C=N\O)cc(-c2ccc(S(C)(=O)=O)cc2)n1-c1ccc(F)c(F)c1. The lowest BCUT2D eigenvalue weighted by molar-refractivity contribution is 0.322. The maximum absolute atomic E-state index is 13.7. The van der Waals surface area contributed by atoms with E-state index in [0.717, 1.165) is 18.4 Å². The number of hydrogen-bond acceptors (Lipinski definition) is 4. The summed E-state index contributed by atoms with van der Waals surface area (Å²) in [6.45, 7) is 1.74. The van der Waals surface area contributed by atoms with Crippen LogP contribution in [-0.2, 0) is 9.84 Å². The highest BCUT2D eigenvalue weighted by Crippen LogP contribution is 2.30. The van der Waals surface area contributed by atoms with Gasteiger partial charge in [-0.2, -0.15) is 0 Å². The van der Waals surface area contributed by atoms with Gasteiger partial charge in [-0.1, -0.05) is 17.3 Å². The van der Waals surface area contributed by atoms with Gasteiger partial charge < -0.3 is 9.77 Å². The van der Waals surface area contributed by atoms with Crippen LogP contribution in [0.25, 0.3) is 16.9 Å². The Bertz CT molecular complexity index is 1130. The van der Waals surface area contributed by atoms with Crippen LogP contribution in [0.3, 0.4) is 0 Å². The molecule has 2 aromatic carbocycles. The van der Waals surface area contributed by atoms with E-state index in [2.05, 4.69) is 5.16 Å². The molecule has 0 fully saturated rings. The van der Waals surface area contributed by atoms with Gasteiger partial charge in [0.25, 0.3) is 0 Å². The number of nitrogens with zero attached hydrogens (tertiary/aromatic N) is 2. The summed E-state index contributed by atoms with van der Waals surface area (Å²) in [5, 5.41) is 11.9. The molecule has 0 spiro atoms. The van der Waals surface area contributed by atoms with Crippen molar-refractivity contribution in [3.63, 3.8) is 0 Å². The monoisotopic (exact) mass is 390 g/mol. The van der Waals surface area contributed by atoms with E-state index in [9.17, 15) is 17.2 Å². The third-order valence-corrected chi connectivity index (χ3v) is 5.35. The zero-order chi connectivity index (χ0) is 19.8. The molecule has 0 radical (unpaired) electrons. The molecule has 0 amide bonds. The van der Waals surface area contributed by atoms with E-state index in [1.807, 2.05) is 0 Å². The lowest BCUT2D eigenvalue weighted by Crippen LogP contribution is -2.02. The fraction of sp³-hybridized carbons (Fsp3) is 0.105. The Morgan fingerprint density at radius 1 is 1.04 bits per heavy atom. The molecule has 3 aromatic rings. The average Bonchev–Trinajstić information content (AvgIpc) is 2.94. The van der Waals surface area contributed by atoms with Crippen molar-refractivity contribution in [2.75, 3.05) is 6.26 Å². The molecule has 1 N–H and O–H groups in total. The Morgan fingerprint density at radius 2 is 1.70 bits per heavy atom. The normalized spacial score (nSPS) is 12.0. The summed E-state index contributed by atoms with van der Waals surface area (Å²) in [5.74, 6) is -1.95. The molecule has 0 unspecified atom stereocenters. The maximum Gasteiger partial charge on any atom is 0.175 e. The molecule has 8 heteroatoms. The average molecular weight is 390 g/mol. The predicted octanol–water partition coefficient (Wildman–Crippen LogP) is 3.94. The zero-order valence-electron chi connectivity index (χ0n) is 14.5. The number of halogens is 2. The Balaban J connectivity index is 2.23. The van der Waals surface area contributed by atoms with Gasteiger partial charge in [-0.3, -0.25) is 0 Å². The van der Waals surface area contributed by atoms with Crippen molar-refractivity contribution >= 4 is 16.1 Å². The molecule has 0 aliphatic heterocycles. The molecule has 1 aromatic heterocycles. The second-order valence-electron chi connectivity index (χ2n) is 6.05. The van der Waals surface area contributed by atoms with Crippen LogP contribution >= 0.6 is 0 Å². The third kappa shape index (κ3) is 3.61. The first-order valence-electron chi connectivity index (χ1n) is 7.88. The topological polar surface area (TPSA) is 71.7 Å². The summed E-state index contributed by atoms with van der Waals surface area (Å²) in [6, 6.07) is 11.4. The number of benzene rings is 2. The van der Waals surface area contributed by atoms with Crippen LogP contribution in [0.2, 0.25) is 0 Å². The second-order valence-corrected chi connectivity index (χ2v) is 8.06. The Morgan fingerprint density at radius 3 is 2.26 bits per heavy atom. The van der Waals surface area contributed by atoms with Gasteiger partial charge in [-0.25, -0.2) is 17.2 Å². The minimum Gasteiger partial charge on any atom is -0.411 e. The fourth-order valence-corrected chi connectivity index (χ4v) is 3.49. The molecule has 5 nitrogen and oxygen atoms in total. The Hall–Kier alpha value is -3.00. The van der Waals surface area contributed by atoms with Gasteiger partial charge in [0.05, 0.1) is 16.8 Å². The van der Waals surface area contributed by atoms with Gasteiger partial charge in [-0.15, -0.1) is 0 Å². The standard InChI is InChI=1S/C19H16F2N2O3S/c1-12-14(11-22-24)9-19(13-3-6-16(7-4-13)27(2,25)26)23(12)15-5-8-17(20)18(21)10-15/h3-11,24H,1-2H3/b22-11-. The first-order valence-corrected chi connectivity index (χ1v) is 9.77. The van der Waals surface area contributed by atoms with Crippen molar-refractivity contribution in [3.05, 3.63) is 71.4 Å². The van der Waals surface area contributed by atoms with Crippen molar-refractivity contribution < 1.29 is 22.4 Å². The number of sulfone groups is 1. The summed E-state index contributed by atoms with van der Waals surface area (Å²) in [7, 11) is -3.34. The van der Waals surface area contributed by atoms with Crippen molar-refractivity contribution in [2.45, 2.75) is 11.8 Å². The van der Waals surface area contributed by atoms with Gasteiger partial charge in [0.2, 0.25) is 0 Å². The van der Waals surface area contributed by atoms with E-state index in [4.69, 9.17) is 5.21 Å². The van der Waals surface area contributed by atoms with E-state index < -0.39 is 21.5 Å². The number of rotatable bonds is 4. The van der Waals surface area contributed by atoms with Crippen molar-refractivity contribution in [1.29, 1.82) is 0 Å². The highest BCUT2D eigenvalue weighted by Gasteiger charge is 2.16. The molecule has 1 heterocycles. The molecule has 0 saturated heterocycles. The molecule has 0 aliphatic carbocycles. The molecule has 0 saturated carbocycles. The quantitative estimate of drug-likeness (QED) is 0.417. The van der Waals surface area contributed by atoms with E-state index >= 15 is 0 Å². The minimum absolute atomic E-state index is 0.172. The highest BCUT2D eigenvalue weighted by molar-refractivity contribution is 7.90. The first kappa shape index (κ1) is 18.8. The molecule has 27 heavy (non-hydrogen) atoms. The first-order chi connectivity index (χ1) is 12.7. The lowest BCUT2D eigenvalue weighted by atomic mass is 10.1. The molecular formula is C19H16F2N2O3S. The van der Waals surface area contributed by atoms with E-state index in [1.54, 1.807) is 29.7 Å². The fourth-order valence-electron chi connectivity index (χ4n) is 2.86. The van der Waals surface area contributed by atoms with Crippen molar-refractivity contribution in [1.82, 2.24) is 4.57 Å². The second kappa shape index (κ2) is 6.96. The highest BCUT2D eigenvalue weighted by atomic mass is 32.2. The molecule has 0 bridgehead atoms. The van der Waals surface area contributed by atoms with Gasteiger partial charge in [-0.05, 0) is 42.8 Å². The van der Waals surface area contributed by atoms with E-state index in [1.165, 1.54) is 24.4 Å². The molecule has 0 aliphatic rings. The largest absolute Gasteiger partial charge is 0.411 e. The maximum atomic E-state index is 13.7. The molecular weight excluding hydrogens is 374 g/mol. The lowest BCUT2D eigenvalue weighted by Gasteiger charge is -2.13. The third-order valence-electron chi connectivity index (χ3n) is 4.22. The van der Waals surface area contributed by atoms with Crippen LogP contribution in [0.5, 0.6) is 0 Å². The van der Waals surface area contributed by atoms with Crippen LogP contribution in [-0.4, -0.2) is 30.7 Å². The van der Waals surface area contributed by atoms with Crippen LogP contribution < -0.4 is 0 Å². The number of hydrogen-bond donors (Lipinski definition) is 1. The van der Waals surface area contributed by atoms with Crippen LogP contribution in [0, 0.1) is 18.6 Å². The van der Waals surface area contributed by atoms with Crippen molar-refractivity contribution in [2.24, 2.45) is 5.16 Å². The smallest absolute Gasteiger partial charge is 0.175 e. The van der Waals surface area contributed by atoms with Crippen LogP contribution in [0.4, 0.5) is 8.78 Å². The predicted molar refractivity (Wildman–Crippen MR) is 98.3 cm³/mol. The van der Waals surface area contributed by atoms with Gasteiger partial charge >= 0.3 is 0 Å². The Labute approximate surface area is 155 Å². The summed E-state index contributed by atoms with van der Waals surface area (Å²) >= 11 is 0. The number of oxime groups is 1. The number of aromatic nitrogens is 1. The summed E-state index contributed by atoms with van der Waals surface area (Å²) in [6.07, 6.45) is 2.35. The van der Waals surface area contributed by atoms with Gasteiger partial charge in [0.1, 0.15) is 0 Å². The van der Waals surface area contributed by atoms with E-state index in [-0.39, 0.29) is 4.90 Å². The molecule has 140 valence electrons. The molecule has 3 rings (SSSR count). The van der Waals surface area contributed by atoms with Gasteiger partial charge in [0.15, 0.2) is 21.5 Å². The van der Waals surface area contributed by atoms with Crippen LogP contribution in [0.1, 0.15) is 11.3 Å². The zero-order valence-corrected chi connectivity index (χ0v) is 15.3. The van der Waals surface area contributed by atoms with Gasteiger partial charge in [0, 0.05) is 29.3 Å². The summed E-state index contributed by atoms with van der Waals surface area (Å²) in [5.41, 5.74) is 2.86. The molecule has 0 atom stereocenters. The summed E-state index contributed by atoms with van der Waals surface area (Å²) < 4.78 is 52.1. The Kier molecular flexibility index (Phi) is 4.84. The minimum atomic E-state index is -3.34.